The van der Waals surface area contributed by atoms with Crippen LogP contribution in [-0.2, 0) is 15.9 Å². The van der Waals surface area contributed by atoms with Gasteiger partial charge >= 0.3 is 0 Å². The van der Waals surface area contributed by atoms with Gasteiger partial charge in [-0.2, -0.15) is 0 Å². The molecule has 2 heterocycles. The summed E-state index contributed by atoms with van der Waals surface area (Å²) in [6, 6.07) is 15.9. The lowest BCUT2D eigenvalue weighted by molar-refractivity contribution is -0.141. The predicted octanol–water partition coefficient (Wildman–Crippen LogP) is 6.42. The lowest BCUT2D eigenvalue weighted by atomic mass is 9.99. The number of Topliss-reactive ketones (excluding diaryl/α,β-unsaturated/α-hetero) is 1. The van der Waals surface area contributed by atoms with E-state index in [0.29, 0.717) is 25.2 Å². The molecule has 37 heavy (non-hydrogen) atoms. The van der Waals surface area contributed by atoms with Crippen molar-refractivity contribution in [3.8, 4) is 17.1 Å². The van der Waals surface area contributed by atoms with E-state index in [-0.39, 0.29) is 11.9 Å². The third-order valence-corrected chi connectivity index (χ3v) is 6.99. The fourth-order valence-electron chi connectivity index (χ4n) is 4.92. The number of aryl methyl sites for hydroxylation is 4. The topological polar surface area (TPSA) is 73.4 Å². The van der Waals surface area contributed by atoms with Crippen molar-refractivity contribution in [2.75, 3.05) is 13.2 Å². The van der Waals surface area contributed by atoms with Crippen LogP contribution in [-0.4, -0.2) is 40.9 Å². The van der Waals surface area contributed by atoms with E-state index >= 15 is 0 Å². The molecule has 6 nitrogen and oxygen atoms in total. The van der Waals surface area contributed by atoms with Crippen molar-refractivity contribution in [2.24, 2.45) is 0 Å². The van der Waals surface area contributed by atoms with Gasteiger partial charge < -0.3 is 19.2 Å². The Balaban J connectivity index is 1.33. The Labute approximate surface area is 218 Å². The summed E-state index contributed by atoms with van der Waals surface area (Å²) in [7, 11) is 0. The number of hydrogen-bond donors (Lipinski definition) is 1. The molecular formula is C31H34N2O4. The first-order chi connectivity index (χ1) is 17.6. The van der Waals surface area contributed by atoms with Crippen molar-refractivity contribution in [3.05, 3.63) is 81.9 Å². The summed E-state index contributed by atoms with van der Waals surface area (Å²) in [5.41, 5.74) is 8.97. The second-order valence-electron chi connectivity index (χ2n) is 10.5. The number of carbonyl (C=O) groups is 1. The Bertz CT molecular complexity index is 1460. The van der Waals surface area contributed by atoms with Gasteiger partial charge in [0, 0.05) is 17.5 Å². The molecule has 1 atom stereocenters. The molecule has 5 rings (SSSR count). The average molecular weight is 499 g/mol. The Hall–Kier alpha value is -3.48. The second-order valence-corrected chi connectivity index (χ2v) is 10.5. The van der Waals surface area contributed by atoms with Crippen LogP contribution >= 0.6 is 0 Å². The minimum Gasteiger partial charge on any atom is -0.491 e. The van der Waals surface area contributed by atoms with Crippen LogP contribution in [0.5, 0.6) is 5.75 Å². The number of fused-ring (bicyclic) bond motifs is 1. The number of rotatable bonds is 7. The number of carbonyl (C=O) groups excluding carboxylic acids is 1. The molecule has 0 unspecified atom stereocenters. The zero-order valence-electron chi connectivity index (χ0n) is 22.4. The Morgan fingerprint density at radius 3 is 2.43 bits per heavy atom. The first-order valence-electron chi connectivity index (χ1n) is 12.7. The van der Waals surface area contributed by atoms with Crippen LogP contribution in [0.4, 0.5) is 0 Å². The van der Waals surface area contributed by atoms with Gasteiger partial charge in [-0.05, 0) is 99.7 Å². The van der Waals surface area contributed by atoms with E-state index in [1.54, 1.807) is 0 Å². The SMILES string of the molecule is Cc1ccc(CC(=O)c2ccc3nc(-c4c(C)cc(OC[C@@H]5COC(C)(C)O5)cc4C)[nH]c3c2)cc1C. The highest BCUT2D eigenvalue weighted by Gasteiger charge is 2.33. The lowest BCUT2D eigenvalue weighted by Gasteiger charge is -2.18. The van der Waals surface area contributed by atoms with Gasteiger partial charge in [-0.15, -0.1) is 0 Å². The van der Waals surface area contributed by atoms with Gasteiger partial charge in [0.15, 0.2) is 11.6 Å². The Morgan fingerprint density at radius 1 is 1.00 bits per heavy atom. The van der Waals surface area contributed by atoms with E-state index in [2.05, 4.69) is 44.8 Å². The predicted molar refractivity (Wildman–Crippen MR) is 145 cm³/mol. The summed E-state index contributed by atoms with van der Waals surface area (Å²) in [6.07, 6.45) is 0.292. The van der Waals surface area contributed by atoms with Crippen molar-refractivity contribution >= 4 is 16.8 Å². The average Bonchev–Trinajstić information content (AvgIpc) is 3.41. The summed E-state index contributed by atoms with van der Waals surface area (Å²) in [6.45, 7) is 13.0. The van der Waals surface area contributed by atoms with Crippen LogP contribution in [0, 0.1) is 27.7 Å². The molecule has 1 aliphatic heterocycles. The number of ketones is 1. The van der Waals surface area contributed by atoms with E-state index < -0.39 is 5.79 Å². The molecule has 4 aromatic rings. The van der Waals surface area contributed by atoms with Gasteiger partial charge in [0.05, 0.1) is 17.6 Å². The maximum absolute atomic E-state index is 13.0. The summed E-state index contributed by atoms with van der Waals surface area (Å²) in [5.74, 6) is 1.11. The molecule has 1 aromatic heterocycles. The minimum atomic E-state index is -0.560. The van der Waals surface area contributed by atoms with Crippen molar-refractivity contribution in [1.29, 1.82) is 0 Å². The van der Waals surface area contributed by atoms with Gasteiger partial charge in [-0.25, -0.2) is 4.98 Å². The first-order valence-corrected chi connectivity index (χ1v) is 12.7. The largest absolute Gasteiger partial charge is 0.491 e. The number of benzene rings is 3. The van der Waals surface area contributed by atoms with E-state index in [1.165, 1.54) is 11.1 Å². The normalized spacial score (nSPS) is 16.9. The van der Waals surface area contributed by atoms with E-state index in [1.807, 2.05) is 50.2 Å². The Morgan fingerprint density at radius 2 is 1.76 bits per heavy atom. The number of imidazole rings is 1. The van der Waals surface area contributed by atoms with E-state index in [0.717, 1.165) is 44.9 Å². The number of nitrogens with zero attached hydrogens (tertiary/aromatic N) is 1. The number of aromatic nitrogens is 2. The quantitative estimate of drug-likeness (QED) is 0.298. The van der Waals surface area contributed by atoms with Gasteiger partial charge in [0.25, 0.3) is 0 Å². The molecule has 1 saturated heterocycles. The van der Waals surface area contributed by atoms with Gasteiger partial charge in [-0.3, -0.25) is 4.79 Å². The molecule has 0 amide bonds. The number of aromatic amines is 1. The fourth-order valence-corrected chi connectivity index (χ4v) is 4.92. The van der Waals surface area contributed by atoms with Crippen molar-refractivity contribution < 1.29 is 19.0 Å². The molecule has 0 saturated carbocycles. The van der Waals surface area contributed by atoms with Crippen molar-refractivity contribution in [2.45, 2.75) is 59.9 Å². The molecule has 0 aliphatic carbocycles. The van der Waals surface area contributed by atoms with E-state index in [9.17, 15) is 4.79 Å². The highest BCUT2D eigenvalue weighted by Crippen LogP contribution is 2.32. The zero-order chi connectivity index (χ0) is 26.3. The molecule has 3 aromatic carbocycles. The molecule has 6 heteroatoms. The van der Waals surface area contributed by atoms with Crippen LogP contribution in [0.1, 0.15) is 52.0 Å². The Kier molecular flexibility index (Phi) is 6.65. The number of H-pyrrole nitrogens is 1. The van der Waals surface area contributed by atoms with Crippen LogP contribution in [0.25, 0.3) is 22.4 Å². The molecule has 192 valence electrons. The molecule has 0 spiro atoms. The number of nitrogens with one attached hydrogen (secondary N) is 1. The second kappa shape index (κ2) is 9.77. The minimum absolute atomic E-state index is 0.0856. The maximum Gasteiger partial charge on any atom is 0.167 e. The molecular weight excluding hydrogens is 464 g/mol. The molecule has 1 N–H and O–H groups in total. The van der Waals surface area contributed by atoms with Crippen molar-refractivity contribution in [3.63, 3.8) is 0 Å². The fraction of sp³-hybridized carbons (Fsp3) is 0.355. The molecule has 0 radical (unpaired) electrons. The van der Waals surface area contributed by atoms with Gasteiger partial charge in [-0.1, -0.05) is 18.2 Å². The highest BCUT2D eigenvalue weighted by molar-refractivity contribution is 6.00. The summed E-state index contributed by atoms with van der Waals surface area (Å²) >= 11 is 0. The standard InChI is InChI=1S/C31H34N2O4/c1-18-7-8-22(11-19(18)2)14-28(34)23-9-10-26-27(15-23)33-30(32-26)29-20(3)12-24(13-21(29)4)35-16-25-17-36-31(5,6)37-25/h7-13,15,25H,14,16-17H2,1-6H3,(H,32,33)/t25-/m1/s1. The van der Waals surface area contributed by atoms with Crippen LogP contribution in [0.3, 0.4) is 0 Å². The van der Waals surface area contributed by atoms with Crippen LogP contribution in [0.2, 0.25) is 0 Å². The highest BCUT2D eigenvalue weighted by atomic mass is 16.7. The van der Waals surface area contributed by atoms with Crippen LogP contribution < -0.4 is 4.74 Å². The monoisotopic (exact) mass is 498 g/mol. The smallest absolute Gasteiger partial charge is 0.167 e. The van der Waals surface area contributed by atoms with E-state index in [4.69, 9.17) is 19.2 Å². The van der Waals surface area contributed by atoms with Crippen molar-refractivity contribution in [1.82, 2.24) is 9.97 Å². The third-order valence-electron chi connectivity index (χ3n) is 6.99. The molecule has 0 bridgehead atoms. The summed E-state index contributed by atoms with van der Waals surface area (Å²) < 4.78 is 17.5. The zero-order valence-corrected chi connectivity index (χ0v) is 22.4. The van der Waals surface area contributed by atoms with Gasteiger partial charge in [0.1, 0.15) is 24.3 Å². The molecule has 1 fully saturated rings. The third kappa shape index (κ3) is 5.45. The number of ether oxygens (including phenoxy) is 3. The molecule has 1 aliphatic rings. The summed E-state index contributed by atoms with van der Waals surface area (Å²) in [4.78, 5) is 21.3. The number of hydrogen-bond acceptors (Lipinski definition) is 5. The van der Waals surface area contributed by atoms with Gasteiger partial charge in [0.2, 0.25) is 0 Å². The lowest BCUT2D eigenvalue weighted by Crippen LogP contribution is -2.25. The first kappa shape index (κ1) is 25.2. The maximum atomic E-state index is 13.0. The summed E-state index contributed by atoms with van der Waals surface area (Å²) in [5, 5.41) is 0. The van der Waals surface area contributed by atoms with Crippen LogP contribution in [0.15, 0.2) is 48.5 Å².